The zero-order valence-corrected chi connectivity index (χ0v) is 9.83. The molecule has 2 aromatic rings. The number of aryl methyl sites for hydroxylation is 2. The summed E-state index contributed by atoms with van der Waals surface area (Å²) in [5, 5.41) is 0. The van der Waals surface area contributed by atoms with Crippen molar-refractivity contribution < 1.29 is 9.18 Å². The molecule has 0 atom stereocenters. The molecule has 0 N–H and O–H groups in total. The van der Waals surface area contributed by atoms with E-state index in [2.05, 4.69) is 0 Å². The van der Waals surface area contributed by atoms with Crippen LogP contribution in [0.15, 0.2) is 36.4 Å². The standard InChI is InChI=1S/C15H13FO/c1-10-3-4-12(7-11(10)2)15-8-14(16)6-5-13(15)9-17/h3-9H,1-2H3. The average molecular weight is 228 g/mol. The maximum Gasteiger partial charge on any atom is 0.150 e. The van der Waals surface area contributed by atoms with Crippen LogP contribution in [0.2, 0.25) is 0 Å². The number of halogens is 1. The molecule has 0 radical (unpaired) electrons. The third kappa shape index (κ3) is 2.26. The summed E-state index contributed by atoms with van der Waals surface area (Å²) >= 11 is 0. The van der Waals surface area contributed by atoms with E-state index in [1.807, 2.05) is 32.0 Å². The van der Waals surface area contributed by atoms with E-state index in [4.69, 9.17) is 0 Å². The Balaban J connectivity index is 2.62. The largest absolute Gasteiger partial charge is 0.298 e. The lowest BCUT2D eigenvalue weighted by molar-refractivity contribution is 0.112. The van der Waals surface area contributed by atoms with Crippen LogP contribution >= 0.6 is 0 Å². The maximum absolute atomic E-state index is 13.2. The van der Waals surface area contributed by atoms with Crippen LogP contribution in [0.5, 0.6) is 0 Å². The smallest absolute Gasteiger partial charge is 0.150 e. The van der Waals surface area contributed by atoms with Crippen LogP contribution in [0.4, 0.5) is 4.39 Å². The van der Waals surface area contributed by atoms with Gasteiger partial charge in [-0.2, -0.15) is 0 Å². The van der Waals surface area contributed by atoms with Crippen LogP contribution in [-0.2, 0) is 0 Å². The van der Waals surface area contributed by atoms with Crippen molar-refractivity contribution in [3.63, 3.8) is 0 Å². The lowest BCUT2D eigenvalue weighted by Gasteiger charge is -2.08. The third-order valence-electron chi connectivity index (χ3n) is 2.96. The Morgan fingerprint density at radius 1 is 1.00 bits per heavy atom. The van der Waals surface area contributed by atoms with Gasteiger partial charge in [-0.25, -0.2) is 4.39 Å². The van der Waals surface area contributed by atoms with E-state index in [1.54, 1.807) is 0 Å². The molecule has 0 bridgehead atoms. The first kappa shape index (κ1) is 11.5. The van der Waals surface area contributed by atoms with Gasteiger partial charge < -0.3 is 0 Å². The Hall–Kier alpha value is -1.96. The van der Waals surface area contributed by atoms with Gasteiger partial charge in [-0.15, -0.1) is 0 Å². The van der Waals surface area contributed by atoms with Crippen molar-refractivity contribution in [3.05, 3.63) is 58.9 Å². The van der Waals surface area contributed by atoms with Crippen molar-refractivity contribution in [1.82, 2.24) is 0 Å². The lowest BCUT2D eigenvalue weighted by atomic mass is 9.97. The van der Waals surface area contributed by atoms with E-state index in [0.717, 1.165) is 17.4 Å². The molecule has 0 aliphatic carbocycles. The second kappa shape index (κ2) is 4.50. The van der Waals surface area contributed by atoms with Gasteiger partial charge in [0.05, 0.1) is 0 Å². The summed E-state index contributed by atoms with van der Waals surface area (Å²) in [6.07, 6.45) is 0.754. The normalized spacial score (nSPS) is 10.3. The summed E-state index contributed by atoms with van der Waals surface area (Å²) in [6, 6.07) is 10.1. The Kier molecular flexibility index (Phi) is 3.05. The fourth-order valence-electron chi connectivity index (χ4n) is 1.79. The van der Waals surface area contributed by atoms with Gasteiger partial charge in [0, 0.05) is 5.56 Å². The number of hydrogen-bond donors (Lipinski definition) is 0. The summed E-state index contributed by atoms with van der Waals surface area (Å²) in [7, 11) is 0. The van der Waals surface area contributed by atoms with E-state index in [-0.39, 0.29) is 5.82 Å². The molecule has 2 rings (SSSR count). The summed E-state index contributed by atoms with van der Waals surface area (Å²) in [5.74, 6) is -0.330. The van der Waals surface area contributed by atoms with E-state index >= 15 is 0 Å². The molecule has 0 spiro atoms. The Morgan fingerprint density at radius 2 is 1.76 bits per heavy atom. The molecule has 0 unspecified atom stereocenters. The van der Waals surface area contributed by atoms with Gasteiger partial charge in [-0.3, -0.25) is 4.79 Å². The maximum atomic E-state index is 13.2. The number of rotatable bonds is 2. The SMILES string of the molecule is Cc1ccc(-c2cc(F)ccc2C=O)cc1C. The van der Waals surface area contributed by atoms with Crippen LogP contribution in [0.3, 0.4) is 0 Å². The number of benzene rings is 2. The van der Waals surface area contributed by atoms with Crippen molar-refractivity contribution in [3.8, 4) is 11.1 Å². The second-order valence-corrected chi connectivity index (χ2v) is 4.15. The zero-order valence-electron chi connectivity index (χ0n) is 9.83. The molecule has 1 nitrogen and oxygen atoms in total. The Labute approximate surface area is 99.9 Å². The van der Waals surface area contributed by atoms with Crippen molar-refractivity contribution in [2.75, 3.05) is 0 Å². The number of aldehydes is 1. The molecule has 2 heteroatoms. The van der Waals surface area contributed by atoms with Crippen LogP contribution in [0, 0.1) is 19.7 Å². The van der Waals surface area contributed by atoms with E-state index < -0.39 is 0 Å². The van der Waals surface area contributed by atoms with Gasteiger partial charge in [0.25, 0.3) is 0 Å². The highest BCUT2D eigenvalue weighted by Gasteiger charge is 2.07. The highest BCUT2D eigenvalue weighted by atomic mass is 19.1. The highest BCUT2D eigenvalue weighted by molar-refractivity contribution is 5.87. The van der Waals surface area contributed by atoms with Crippen LogP contribution < -0.4 is 0 Å². The first-order valence-electron chi connectivity index (χ1n) is 5.44. The van der Waals surface area contributed by atoms with Crippen LogP contribution in [0.25, 0.3) is 11.1 Å². The summed E-state index contributed by atoms with van der Waals surface area (Å²) in [5.41, 5.74) is 4.33. The summed E-state index contributed by atoms with van der Waals surface area (Å²) in [6.45, 7) is 4.02. The third-order valence-corrected chi connectivity index (χ3v) is 2.96. The number of carbonyl (C=O) groups is 1. The van der Waals surface area contributed by atoms with Gasteiger partial charge in [0.15, 0.2) is 6.29 Å². The average Bonchev–Trinajstić information content (AvgIpc) is 2.32. The fourth-order valence-corrected chi connectivity index (χ4v) is 1.79. The molecule has 2 aromatic carbocycles. The predicted octanol–water partition coefficient (Wildman–Crippen LogP) is 3.92. The molecule has 0 aliphatic rings. The topological polar surface area (TPSA) is 17.1 Å². The molecule has 0 fully saturated rings. The number of carbonyl (C=O) groups excluding carboxylic acids is 1. The Bertz CT molecular complexity index is 573. The fraction of sp³-hybridized carbons (Fsp3) is 0.133. The minimum atomic E-state index is -0.330. The minimum Gasteiger partial charge on any atom is -0.298 e. The quantitative estimate of drug-likeness (QED) is 0.712. The molecule has 0 amide bonds. The van der Waals surface area contributed by atoms with Gasteiger partial charge >= 0.3 is 0 Å². The first-order chi connectivity index (χ1) is 8.11. The van der Waals surface area contributed by atoms with Gasteiger partial charge in [0.2, 0.25) is 0 Å². The van der Waals surface area contributed by atoms with Crippen molar-refractivity contribution >= 4 is 6.29 Å². The molecule has 0 saturated carbocycles. The zero-order chi connectivity index (χ0) is 12.4. The molecule has 17 heavy (non-hydrogen) atoms. The molecule has 0 aliphatic heterocycles. The molecule has 0 heterocycles. The van der Waals surface area contributed by atoms with Crippen molar-refractivity contribution in [2.45, 2.75) is 13.8 Å². The predicted molar refractivity (Wildman–Crippen MR) is 66.7 cm³/mol. The second-order valence-electron chi connectivity index (χ2n) is 4.15. The monoisotopic (exact) mass is 228 g/mol. The first-order valence-corrected chi connectivity index (χ1v) is 5.44. The molecular weight excluding hydrogens is 215 g/mol. The summed E-state index contributed by atoms with van der Waals surface area (Å²) in [4.78, 5) is 10.9. The van der Waals surface area contributed by atoms with E-state index in [0.29, 0.717) is 11.1 Å². The molecule has 0 aromatic heterocycles. The van der Waals surface area contributed by atoms with Crippen molar-refractivity contribution in [2.24, 2.45) is 0 Å². The number of hydrogen-bond acceptors (Lipinski definition) is 1. The van der Waals surface area contributed by atoms with Crippen molar-refractivity contribution in [1.29, 1.82) is 0 Å². The van der Waals surface area contributed by atoms with E-state index in [1.165, 1.54) is 23.8 Å². The highest BCUT2D eigenvalue weighted by Crippen LogP contribution is 2.25. The van der Waals surface area contributed by atoms with Gasteiger partial charge in [0.1, 0.15) is 5.82 Å². The Morgan fingerprint density at radius 3 is 2.41 bits per heavy atom. The van der Waals surface area contributed by atoms with Crippen LogP contribution in [-0.4, -0.2) is 6.29 Å². The minimum absolute atomic E-state index is 0.330. The van der Waals surface area contributed by atoms with Crippen LogP contribution in [0.1, 0.15) is 21.5 Å². The lowest BCUT2D eigenvalue weighted by Crippen LogP contribution is -1.90. The van der Waals surface area contributed by atoms with E-state index in [9.17, 15) is 9.18 Å². The molecule has 86 valence electrons. The molecular formula is C15H13FO. The van der Waals surface area contributed by atoms with Gasteiger partial charge in [-0.05, 0) is 54.3 Å². The summed E-state index contributed by atoms with van der Waals surface area (Å²) < 4.78 is 13.2. The van der Waals surface area contributed by atoms with Gasteiger partial charge in [-0.1, -0.05) is 18.2 Å². The molecule has 0 saturated heterocycles.